The predicted octanol–water partition coefficient (Wildman–Crippen LogP) is 2.99. The third kappa shape index (κ3) is 5.50. The van der Waals surface area contributed by atoms with Crippen LogP contribution >= 0.6 is 0 Å². The molecule has 1 unspecified atom stereocenters. The first-order chi connectivity index (χ1) is 17.9. The molecule has 200 valence electrons. The number of methoxy groups -OCH3 is 3. The van der Waals surface area contributed by atoms with E-state index in [1.165, 1.54) is 14.2 Å². The molecule has 2 aromatic heterocycles. The Hall–Kier alpha value is -3.35. The molecular weight excluding hydrogens is 486 g/mol. The molecule has 0 bridgehead atoms. The summed E-state index contributed by atoms with van der Waals surface area (Å²) in [6.45, 7) is 4.50. The molecule has 3 heterocycles. The van der Waals surface area contributed by atoms with Gasteiger partial charge in [-0.25, -0.2) is 23.7 Å². The second kappa shape index (κ2) is 11.8. The smallest absolute Gasteiger partial charge is 0.223 e. The van der Waals surface area contributed by atoms with Crippen LogP contribution in [-0.2, 0) is 9.47 Å². The number of benzene rings is 1. The molecule has 1 aliphatic heterocycles. The Bertz CT molecular complexity index is 1210. The summed E-state index contributed by atoms with van der Waals surface area (Å²) in [6.07, 6.45) is 2.50. The van der Waals surface area contributed by atoms with E-state index in [0.717, 1.165) is 12.5 Å². The molecule has 3 aromatic rings. The summed E-state index contributed by atoms with van der Waals surface area (Å²) in [5, 5.41) is 3.75. The van der Waals surface area contributed by atoms with Crippen molar-refractivity contribution in [2.24, 2.45) is 5.73 Å². The van der Waals surface area contributed by atoms with Crippen molar-refractivity contribution in [2.75, 3.05) is 64.4 Å². The number of anilines is 2. The van der Waals surface area contributed by atoms with Gasteiger partial charge in [-0.1, -0.05) is 6.92 Å². The Balaban J connectivity index is 1.79. The molecular formula is C25H32F2N6O4. The molecule has 0 spiro atoms. The first-order valence-corrected chi connectivity index (χ1v) is 12.0. The van der Waals surface area contributed by atoms with E-state index in [9.17, 15) is 0 Å². The molecule has 1 saturated heterocycles. The monoisotopic (exact) mass is 518 g/mol. The van der Waals surface area contributed by atoms with Crippen LogP contribution in [0.4, 0.5) is 20.5 Å². The van der Waals surface area contributed by atoms with Crippen LogP contribution in [0.3, 0.4) is 0 Å². The minimum absolute atomic E-state index is 0.0164. The molecule has 12 heteroatoms. The molecule has 0 aliphatic carbocycles. The minimum Gasteiger partial charge on any atom is -0.494 e. The summed E-state index contributed by atoms with van der Waals surface area (Å²) in [5.41, 5.74) is 6.12. The van der Waals surface area contributed by atoms with Crippen molar-refractivity contribution in [1.82, 2.24) is 15.0 Å². The van der Waals surface area contributed by atoms with E-state index in [-0.39, 0.29) is 34.9 Å². The van der Waals surface area contributed by atoms with Crippen LogP contribution in [0, 0.1) is 11.6 Å². The second-order valence-corrected chi connectivity index (χ2v) is 8.66. The number of aromatic nitrogens is 3. The van der Waals surface area contributed by atoms with Gasteiger partial charge in [0.05, 0.1) is 44.2 Å². The van der Waals surface area contributed by atoms with Crippen LogP contribution < -0.4 is 25.4 Å². The Morgan fingerprint density at radius 2 is 1.81 bits per heavy atom. The van der Waals surface area contributed by atoms with Gasteiger partial charge >= 0.3 is 0 Å². The second-order valence-electron chi connectivity index (χ2n) is 8.66. The van der Waals surface area contributed by atoms with E-state index in [2.05, 4.69) is 20.3 Å². The van der Waals surface area contributed by atoms with Gasteiger partial charge in [0.2, 0.25) is 5.95 Å². The molecule has 1 aromatic carbocycles. The van der Waals surface area contributed by atoms with Gasteiger partial charge in [-0.3, -0.25) is 0 Å². The van der Waals surface area contributed by atoms with Gasteiger partial charge in [-0.05, 0) is 12.5 Å². The topological polar surface area (TPSA) is 117 Å². The van der Waals surface area contributed by atoms with Crippen LogP contribution in [0.5, 0.6) is 11.5 Å². The zero-order chi connectivity index (χ0) is 26.5. The summed E-state index contributed by atoms with van der Waals surface area (Å²) in [6, 6.07) is 2.52. The zero-order valence-electron chi connectivity index (χ0n) is 21.4. The van der Waals surface area contributed by atoms with Crippen molar-refractivity contribution < 1.29 is 27.7 Å². The van der Waals surface area contributed by atoms with E-state index < -0.39 is 11.6 Å². The standard InChI is InChI=1S/C25H32F2N6O4/c1-5-6-37-13-15(9-28)30-25-29-10-14-7-17(20-21(26)18(35-3)8-19(36-4)22(20)27)31-24(23(14)32-25)33-11-16(12-33)34-2/h7-8,10,15-16H,5-6,9,11-13,28H2,1-4H3,(H,29,30,32). The van der Waals surface area contributed by atoms with E-state index in [0.29, 0.717) is 55.5 Å². The fourth-order valence-corrected chi connectivity index (χ4v) is 4.03. The number of rotatable bonds is 12. The average Bonchev–Trinajstić information content (AvgIpc) is 2.88. The quantitative estimate of drug-likeness (QED) is 0.347. The molecule has 0 amide bonds. The largest absolute Gasteiger partial charge is 0.494 e. The van der Waals surface area contributed by atoms with Gasteiger partial charge in [0.1, 0.15) is 5.52 Å². The highest BCUT2D eigenvalue weighted by molar-refractivity contribution is 5.92. The molecule has 37 heavy (non-hydrogen) atoms. The molecule has 3 N–H and O–H groups in total. The zero-order valence-corrected chi connectivity index (χ0v) is 21.4. The number of nitrogens with one attached hydrogen (secondary N) is 1. The van der Waals surface area contributed by atoms with Crippen LogP contribution in [-0.4, -0.2) is 81.3 Å². The Labute approximate surface area is 214 Å². The summed E-state index contributed by atoms with van der Waals surface area (Å²) >= 11 is 0. The van der Waals surface area contributed by atoms with E-state index in [1.807, 2.05) is 11.8 Å². The van der Waals surface area contributed by atoms with Gasteiger partial charge in [-0.15, -0.1) is 0 Å². The highest BCUT2D eigenvalue weighted by Gasteiger charge is 2.31. The highest BCUT2D eigenvalue weighted by atomic mass is 19.1. The van der Waals surface area contributed by atoms with Crippen LogP contribution in [0.25, 0.3) is 22.2 Å². The SMILES string of the molecule is CCCOCC(CN)Nc1ncc2cc(-c3c(F)c(OC)cc(OC)c3F)nc(N3CC(OC)C3)c2n1. The summed E-state index contributed by atoms with van der Waals surface area (Å²) in [4.78, 5) is 15.7. The maximum Gasteiger partial charge on any atom is 0.223 e. The normalized spacial score (nSPS) is 14.5. The van der Waals surface area contributed by atoms with Gasteiger partial charge in [0.15, 0.2) is 29.0 Å². The molecule has 0 radical (unpaired) electrons. The number of hydrogen-bond acceptors (Lipinski definition) is 10. The molecule has 4 rings (SSSR count). The molecule has 1 atom stereocenters. The third-order valence-electron chi connectivity index (χ3n) is 6.14. The lowest BCUT2D eigenvalue weighted by molar-refractivity contribution is 0.0785. The number of pyridine rings is 1. The molecule has 1 fully saturated rings. The fraction of sp³-hybridized carbons (Fsp3) is 0.480. The lowest BCUT2D eigenvalue weighted by Crippen LogP contribution is -2.52. The van der Waals surface area contributed by atoms with Gasteiger partial charge in [-0.2, -0.15) is 0 Å². The lowest BCUT2D eigenvalue weighted by Gasteiger charge is -2.39. The maximum atomic E-state index is 15.3. The van der Waals surface area contributed by atoms with Crippen molar-refractivity contribution >= 4 is 22.7 Å². The maximum absolute atomic E-state index is 15.3. The summed E-state index contributed by atoms with van der Waals surface area (Å²) in [7, 11) is 4.23. The third-order valence-corrected chi connectivity index (χ3v) is 6.14. The lowest BCUT2D eigenvalue weighted by atomic mass is 10.1. The van der Waals surface area contributed by atoms with Crippen molar-refractivity contribution in [2.45, 2.75) is 25.5 Å². The van der Waals surface area contributed by atoms with E-state index >= 15 is 8.78 Å². The van der Waals surface area contributed by atoms with Crippen molar-refractivity contribution in [3.05, 3.63) is 30.0 Å². The first-order valence-electron chi connectivity index (χ1n) is 12.0. The number of halogens is 2. The predicted molar refractivity (Wildman–Crippen MR) is 136 cm³/mol. The van der Waals surface area contributed by atoms with Crippen LogP contribution in [0.1, 0.15) is 13.3 Å². The number of hydrogen-bond donors (Lipinski definition) is 2. The summed E-state index contributed by atoms with van der Waals surface area (Å²) < 4.78 is 51.8. The van der Waals surface area contributed by atoms with Crippen molar-refractivity contribution in [1.29, 1.82) is 0 Å². The Kier molecular flexibility index (Phi) is 8.52. The number of nitrogens with two attached hydrogens (primary N) is 1. The molecule has 1 aliphatic rings. The van der Waals surface area contributed by atoms with Crippen LogP contribution in [0.2, 0.25) is 0 Å². The van der Waals surface area contributed by atoms with Crippen LogP contribution in [0.15, 0.2) is 18.3 Å². The van der Waals surface area contributed by atoms with Gasteiger partial charge in [0.25, 0.3) is 0 Å². The Morgan fingerprint density at radius 1 is 1.11 bits per heavy atom. The molecule has 10 nitrogen and oxygen atoms in total. The molecule has 0 saturated carbocycles. The van der Waals surface area contributed by atoms with E-state index in [1.54, 1.807) is 19.4 Å². The number of nitrogens with zero attached hydrogens (tertiary/aromatic N) is 4. The highest BCUT2D eigenvalue weighted by Crippen LogP contribution is 2.39. The Morgan fingerprint density at radius 3 is 2.41 bits per heavy atom. The summed E-state index contributed by atoms with van der Waals surface area (Å²) in [5.74, 6) is -1.27. The number of ether oxygens (including phenoxy) is 4. The van der Waals surface area contributed by atoms with Crippen molar-refractivity contribution in [3.8, 4) is 22.8 Å². The van der Waals surface area contributed by atoms with Crippen molar-refractivity contribution in [3.63, 3.8) is 0 Å². The number of fused-ring (bicyclic) bond motifs is 1. The van der Waals surface area contributed by atoms with Gasteiger partial charge in [0, 0.05) is 51.0 Å². The minimum atomic E-state index is -0.881. The van der Waals surface area contributed by atoms with E-state index in [4.69, 9.17) is 24.7 Å². The first kappa shape index (κ1) is 26.7. The van der Waals surface area contributed by atoms with Gasteiger partial charge < -0.3 is 34.9 Å². The fourth-order valence-electron chi connectivity index (χ4n) is 4.03. The average molecular weight is 519 g/mol.